The van der Waals surface area contributed by atoms with Crippen molar-refractivity contribution < 1.29 is 9.90 Å². The molecule has 118 valence electrons. The SMILES string of the molecule is NCCC(Cc1c[nH]c2ccc(-c3ccncc3)cc12)C(=O)O. The number of H-pyrrole nitrogens is 1. The number of hydrogen-bond donors (Lipinski definition) is 3. The Hall–Kier alpha value is -2.66. The topological polar surface area (TPSA) is 92.0 Å². The number of nitrogens with one attached hydrogen (secondary N) is 1. The van der Waals surface area contributed by atoms with Crippen LogP contribution in [0.1, 0.15) is 12.0 Å². The van der Waals surface area contributed by atoms with E-state index in [1.165, 1.54) is 0 Å². The van der Waals surface area contributed by atoms with Crippen molar-refractivity contribution in [1.29, 1.82) is 0 Å². The maximum atomic E-state index is 11.4. The van der Waals surface area contributed by atoms with Gasteiger partial charge in [-0.15, -0.1) is 0 Å². The van der Waals surface area contributed by atoms with Crippen LogP contribution >= 0.6 is 0 Å². The van der Waals surface area contributed by atoms with Crippen LogP contribution in [-0.2, 0) is 11.2 Å². The molecule has 1 unspecified atom stereocenters. The molecule has 23 heavy (non-hydrogen) atoms. The lowest BCUT2D eigenvalue weighted by Crippen LogP contribution is -2.20. The number of hydrogen-bond acceptors (Lipinski definition) is 3. The maximum Gasteiger partial charge on any atom is 0.306 e. The number of aromatic nitrogens is 2. The monoisotopic (exact) mass is 309 g/mol. The molecule has 3 rings (SSSR count). The van der Waals surface area contributed by atoms with Crippen LogP contribution in [0.15, 0.2) is 48.9 Å². The number of carboxylic acids is 1. The van der Waals surface area contributed by atoms with Gasteiger partial charge in [0, 0.05) is 29.5 Å². The van der Waals surface area contributed by atoms with E-state index in [-0.39, 0.29) is 0 Å². The first-order valence-electron chi connectivity index (χ1n) is 7.62. The molecule has 0 aliphatic carbocycles. The van der Waals surface area contributed by atoms with Gasteiger partial charge in [-0.3, -0.25) is 9.78 Å². The van der Waals surface area contributed by atoms with Gasteiger partial charge in [-0.2, -0.15) is 0 Å². The number of carbonyl (C=O) groups is 1. The van der Waals surface area contributed by atoms with Crippen molar-refractivity contribution in [1.82, 2.24) is 9.97 Å². The summed E-state index contributed by atoms with van der Waals surface area (Å²) in [6.45, 7) is 0.377. The average Bonchev–Trinajstić information content (AvgIpc) is 2.97. The van der Waals surface area contributed by atoms with Gasteiger partial charge in [0.2, 0.25) is 0 Å². The molecule has 0 fully saturated rings. The van der Waals surface area contributed by atoms with E-state index < -0.39 is 11.9 Å². The van der Waals surface area contributed by atoms with E-state index in [0.717, 1.165) is 27.6 Å². The quantitative estimate of drug-likeness (QED) is 0.653. The molecule has 0 bridgehead atoms. The van der Waals surface area contributed by atoms with Crippen molar-refractivity contribution >= 4 is 16.9 Å². The Labute approximate surface area is 134 Å². The number of rotatable bonds is 6. The molecule has 0 radical (unpaired) electrons. The van der Waals surface area contributed by atoms with Gasteiger partial charge in [0.25, 0.3) is 0 Å². The summed E-state index contributed by atoms with van der Waals surface area (Å²) >= 11 is 0. The minimum Gasteiger partial charge on any atom is -0.481 e. The molecule has 0 aliphatic heterocycles. The molecule has 2 aromatic heterocycles. The third kappa shape index (κ3) is 3.24. The Balaban J connectivity index is 1.97. The highest BCUT2D eigenvalue weighted by molar-refractivity contribution is 5.88. The van der Waals surface area contributed by atoms with Crippen LogP contribution in [0, 0.1) is 5.92 Å². The number of carboxylic acid groups (broad SMARTS) is 1. The van der Waals surface area contributed by atoms with Gasteiger partial charge in [0.1, 0.15) is 0 Å². The van der Waals surface area contributed by atoms with E-state index in [0.29, 0.717) is 19.4 Å². The van der Waals surface area contributed by atoms with E-state index >= 15 is 0 Å². The molecule has 4 N–H and O–H groups in total. The fourth-order valence-electron chi connectivity index (χ4n) is 2.85. The number of pyridine rings is 1. The summed E-state index contributed by atoms with van der Waals surface area (Å²) in [5.41, 5.74) is 9.73. The summed E-state index contributed by atoms with van der Waals surface area (Å²) in [6, 6.07) is 10.1. The van der Waals surface area contributed by atoms with Crippen LogP contribution in [0.2, 0.25) is 0 Å². The van der Waals surface area contributed by atoms with E-state index in [1.807, 2.05) is 30.5 Å². The zero-order valence-corrected chi connectivity index (χ0v) is 12.7. The van der Waals surface area contributed by atoms with Crippen molar-refractivity contribution in [3.63, 3.8) is 0 Å². The number of benzene rings is 1. The standard InChI is InChI=1S/C18H19N3O2/c19-6-3-14(18(22)23)9-15-11-21-17-2-1-13(10-16(15)17)12-4-7-20-8-5-12/h1-2,4-5,7-8,10-11,14,21H,3,6,9,19H2,(H,22,23). The highest BCUT2D eigenvalue weighted by atomic mass is 16.4. The van der Waals surface area contributed by atoms with Gasteiger partial charge in [-0.25, -0.2) is 0 Å². The maximum absolute atomic E-state index is 11.4. The molecule has 2 heterocycles. The molecule has 0 amide bonds. The van der Waals surface area contributed by atoms with Gasteiger partial charge < -0.3 is 15.8 Å². The largest absolute Gasteiger partial charge is 0.481 e. The zero-order chi connectivity index (χ0) is 16.2. The number of fused-ring (bicyclic) bond motifs is 1. The summed E-state index contributed by atoms with van der Waals surface area (Å²) < 4.78 is 0. The van der Waals surface area contributed by atoms with Gasteiger partial charge in [0.05, 0.1) is 5.92 Å². The smallest absolute Gasteiger partial charge is 0.306 e. The first-order chi connectivity index (χ1) is 11.2. The van der Waals surface area contributed by atoms with Gasteiger partial charge in [-0.05, 0) is 60.3 Å². The lowest BCUT2D eigenvalue weighted by Gasteiger charge is -2.10. The highest BCUT2D eigenvalue weighted by Gasteiger charge is 2.19. The predicted octanol–water partition coefficient (Wildman–Crippen LogP) is 2.82. The van der Waals surface area contributed by atoms with Crippen LogP contribution in [-0.4, -0.2) is 27.6 Å². The molecular formula is C18H19N3O2. The van der Waals surface area contributed by atoms with Crippen molar-refractivity contribution in [3.05, 3.63) is 54.5 Å². The Bertz CT molecular complexity index is 812. The minimum absolute atomic E-state index is 0.377. The lowest BCUT2D eigenvalue weighted by molar-refractivity contribution is -0.141. The highest BCUT2D eigenvalue weighted by Crippen LogP contribution is 2.27. The third-order valence-electron chi connectivity index (χ3n) is 4.11. The van der Waals surface area contributed by atoms with Crippen LogP contribution in [0.5, 0.6) is 0 Å². The predicted molar refractivity (Wildman–Crippen MR) is 90.0 cm³/mol. The Morgan fingerprint density at radius 2 is 2.00 bits per heavy atom. The first-order valence-corrected chi connectivity index (χ1v) is 7.62. The zero-order valence-electron chi connectivity index (χ0n) is 12.7. The lowest BCUT2D eigenvalue weighted by atomic mass is 9.95. The number of nitrogens with two attached hydrogens (primary N) is 1. The second-order valence-electron chi connectivity index (χ2n) is 5.63. The van der Waals surface area contributed by atoms with Gasteiger partial charge in [0.15, 0.2) is 0 Å². The Kier molecular flexibility index (Phi) is 4.39. The van der Waals surface area contributed by atoms with Crippen LogP contribution < -0.4 is 5.73 Å². The van der Waals surface area contributed by atoms with Crippen molar-refractivity contribution in [2.45, 2.75) is 12.8 Å². The summed E-state index contributed by atoms with van der Waals surface area (Å²) in [4.78, 5) is 18.6. The second kappa shape index (κ2) is 6.62. The first kappa shape index (κ1) is 15.2. The van der Waals surface area contributed by atoms with Crippen LogP contribution in [0.4, 0.5) is 0 Å². The second-order valence-corrected chi connectivity index (χ2v) is 5.63. The molecule has 5 heteroatoms. The van der Waals surface area contributed by atoms with E-state index in [4.69, 9.17) is 5.73 Å². The van der Waals surface area contributed by atoms with Crippen LogP contribution in [0.25, 0.3) is 22.0 Å². The molecule has 3 aromatic rings. The molecule has 0 saturated heterocycles. The Morgan fingerprint density at radius 1 is 1.22 bits per heavy atom. The van der Waals surface area contributed by atoms with Crippen molar-refractivity contribution in [2.24, 2.45) is 11.7 Å². The fourth-order valence-corrected chi connectivity index (χ4v) is 2.85. The molecule has 1 aromatic carbocycles. The number of aromatic amines is 1. The molecule has 0 saturated carbocycles. The van der Waals surface area contributed by atoms with E-state index in [1.54, 1.807) is 12.4 Å². The van der Waals surface area contributed by atoms with Gasteiger partial charge in [-0.1, -0.05) is 6.07 Å². The molecule has 0 spiro atoms. The summed E-state index contributed by atoms with van der Waals surface area (Å²) in [5.74, 6) is -1.25. The van der Waals surface area contributed by atoms with Crippen LogP contribution in [0.3, 0.4) is 0 Å². The number of aliphatic carboxylic acids is 1. The third-order valence-corrected chi connectivity index (χ3v) is 4.11. The molecule has 5 nitrogen and oxygen atoms in total. The number of nitrogens with zero attached hydrogens (tertiary/aromatic N) is 1. The molecular weight excluding hydrogens is 290 g/mol. The van der Waals surface area contributed by atoms with Gasteiger partial charge >= 0.3 is 5.97 Å². The summed E-state index contributed by atoms with van der Waals surface area (Å²) in [6.07, 6.45) is 6.38. The Morgan fingerprint density at radius 3 is 2.70 bits per heavy atom. The average molecular weight is 309 g/mol. The summed E-state index contributed by atoms with van der Waals surface area (Å²) in [7, 11) is 0. The normalized spacial score (nSPS) is 12.4. The van der Waals surface area contributed by atoms with E-state index in [2.05, 4.69) is 16.0 Å². The summed E-state index contributed by atoms with van der Waals surface area (Å²) in [5, 5.41) is 10.4. The van der Waals surface area contributed by atoms with E-state index in [9.17, 15) is 9.90 Å². The van der Waals surface area contributed by atoms with Crippen molar-refractivity contribution in [2.75, 3.05) is 6.54 Å². The molecule has 0 aliphatic rings. The minimum atomic E-state index is -0.796. The molecule has 1 atom stereocenters. The van der Waals surface area contributed by atoms with Crippen molar-refractivity contribution in [3.8, 4) is 11.1 Å². The fraction of sp³-hybridized carbons (Fsp3) is 0.222.